The third-order valence-electron chi connectivity index (χ3n) is 6.89. The lowest BCUT2D eigenvalue weighted by Crippen LogP contribution is -2.39. The number of aryl methyl sites for hydroxylation is 1. The van der Waals surface area contributed by atoms with E-state index < -0.39 is 11.9 Å². The van der Waals surface area contributed by atoms with E-state index >= 15 is 0 Å². The Morgan fingerprint density at radius 3 is 2.84 bits per heavy atom. The summed E-state index contributed by atoms with van der Waals surface area (Å²) in [7, 11) is 0. The monoisotopic (exact) mass is 425 g/mol. The molecule has 2 saturated heterocycles. The zero-order valence-corrected chi connectivity index (χ0v) is 17.4. The van der Waals surface area contributed by atoms with Crippen molar-refractivity contribution < 1.29 is 18.4 Å². The Hall–Kier alpha value is -2.96. The molecule has 3 heterocycles. The minimum absolute atomic E-state index is 0.157. The third-order valence-corrected chi connectivity index (χ3v) is 6.89. The van der Waals surface area contributed by atoms with Crippen LogP contribution in [0.3, 0.4) is 0 Å². The van der Waals surface area contributed by atoms with E-state index in [0.717, 1.165) is 30.4 Å². The summed E-state index contributed by atoms with van der Waals surface area (Å²) in [4.78, 5) is 26.7. The molecule has 0 bridgehead atoms. The van der Waals surface area contributed by atoms with Crippen LogP contribution >= 0.6 is 0 Å². The van der Waals surface area contributed by atoms with Crippen molar-refractivity contribution in [3.63, 3.8) is 0 Å². The lowest BCUT2D eigenvalue weighted by Gasteiger charge is -2.35. The first-order chi connectivity index (χ1) is 14.9. The molecular formula is C24H25F2N3O2. The first-order valence-corrected chi connectivity index (χ1v) is 10.8. The summed E-state index contributed by atoms with van der Waals surface area (Å²) in [6, 6.07) is 7.38. The second-order valence-corrected chi connectivity index (χ2v) is 8.88. The molecule has 162 valence electrons. The molecule has 0 radical (unpaired) electrons. The zero-order valence-electron chi connectivity index (χ0n) is 17.4. The second kappa shape index (κ2) is 7.62. The minimum atomic E-state index is -0.606. The SMILES string of the molecule is Cc1ccc(F)c2c1NC(C(=O)Nc1cc(F)cc(C3CCN4C(=O)CC[C@@H]4C3)c1)C2. The second-order valence-electron chi connectivity index (χ2n) is 8.88. The van der Waals surface area contributed by atoms with Gasteiger partial charge in [0, 0.05) is 42.4 Å². The van der Waals surface area contributed by atoms with Gasteiger partial charge in [-0.15, -0.1) is 0 Å². The van der Waals surface area contributed by atoms with Crippen LogP contribution < -0.4 is 10.6 Å². The standard InChI is InChI=1S/C24H25F2N3O2/c1-13-2-4-20(26)19-12-21(28-23(13)19)24(31)27-17-9-15(8-16(25)11-17)14-6-7-29-18(10-14)3-5-22(29)30/h2,4,8-9,11,14,18,21,28H,3,5-7,10,12H2,1H3,(H,27,31)/t14?,18-,21?/m1/s1. The van der Waals surface area contributed by atoms with Gasteiger partial charge in [-0.05, 0) is 67.5 Å². The molecule has 3 aliphatic heterocycles. The van der Waals surface area contributed by atoms with Gasteiger partial charge in [-0.2, -0.15) is 0 Å². The summed E-state index contributed by atoms with van der Waals surface area (Å²) in [6.07, 6.45) is 3.32. The summed E-state index contributed by atoms with van der Waals surface area (Å²) < 4.78 is 28.5. The van der Waals surface area contributed by atoms with Crippen molar-refractivity contribution in [1.82, 2.24) is 4.90 Å². The van der Waals surface area contributed by atoms with Gasteiger partial charge in [0.25, 0.3) is 0 Å². The summed E-state index contributed by atoms with van der Waals surface area (Å²) in [5.41, 5.74) is 3.31. The van der Waals surface area contributed by atoms with E-state index in [4.69, 9.17) is 0 Å². The average Bonchev–Trinajstić information content (AvgIpc) is 3.35. The summed E-state index contributed by atoms with van der Waals surface area (Å²) in [6.45, 7) is 2.56. The molecule has 5 rings (SSSR count). The maximum Gasteiger partial charge on any atom is 0.247 e. The summed E-state index contributed by atoms with van der Waals surface area (Å²) in [5, 5.41) is 5.91. The Bertz CT molecular complexity index is 1040. The van der Waals surface area contributed by atoms with E-state index in [0.29, 0.717) is 29.9 Å². The maximum absolute atomic E-state index is 14.4. The molecule has 0 aliphatic carbocycles. The zero-order chi connectivity index (χ0) is 21.7. The van der Waals surface area contributed by atoms with Crippen LogP contribution in [0, 0.1) is 18.6 Å². The molecule has 0 aromatic heterocycles. The Kier molecular flexibility index (Phi) is 4.91. The van der Waals surface area contributed by atoms with E-state index in [1.54, 1.807) is 6.07 Å². The topological polar surface area (TPSA) is 61.4 Å². The quantitative estimate of drug-likeness (QED) is 0.778. The van der Waals surface area contributed by atoms with Gasteiger partial charge in [-0.3, -0.25) is 9.59 Å². The highest BCUT2D eigenvalue weighted by atomic mass is 19.1. The molecule has 2 aromatic carbocycles. The lowest BCUT2D eigenvalue weighted by molar-refractivity contribution is -0.130. The van der Waals surface area contributed by atoms with Crippen LogP contribution in [-0.4, -0.2) is 35.3 Å². The molecule has 3 aliphatic rings. The maximum atomic E-state index is 14.4. The molecule has 0 saturated carbocycles. The fraction of sp³-hybridized carbons (Fsp3) is 0.417. The van der Waals surface area contributed by atoms with Crippen molar-refractivity contribution in [3.8, 4) is 0 Å². The Balaban J connectivity index is 1.30. The van der Waals surface area contributed by atoms with Crippen LogP contribution in [0.25, 0.3) is 0 Å². The van der Waals surface area contributed by atoms with Gasteiger partial charge in [-0.1, -0.05) is 6.07 Å². The highest BCUT2D eigenvalue weighted by molar-refractivity contribution is 5.98. The van der Waals surface area contributed by atoms with Crippen LogP contribution in [0.1, 0.15) is 48.3 Å². The van der Waals surface area contributed by atoms with Crippen LogP contribution in [0.5, 0.6) is 0 Å². The Morgan fingerprint density at radius 1 is 1.19 bits per heavy atom. The average molecular weight is 425 g/mol. The van der Waals surface area contributed by atoms with Crippen molar-refractivity contribution in [2.24, 2.45) is 0 Å². The van der Waals surface area contributed by atoms with Crippen LogP contribution in [-0.2, 0) is 16.0 Å². The highest BCUT2D eigenvalue weighted by Crippen LogP contribution is 2.38. The van der Waals surface area contributed by atoms with Gasteiger partial charge in [-0.25, -0.2) is 8.78 Å². The Labute approximate surface area is 179 Å². The van der Waals surface area contributed by atoms with Crippen molar-refractivity contribution in [3.05, 3.63) is 58.7 Å². The number of benzene rings is 2. The Morgan fingerprint density at radius 2 is 2.03 bits per heavy atom. The number of hydrogen-bond donors (Lipinski definition) is 2. The molecule has 3 atom stereocenters. The highest BCUT2D eigenvalue weighted by Gasteiger charge is 2.37. The normalized spacial score (nSPS) is 24.5. The molecule has 0 spiro atoms. The van der Waals surface area contributed by atoms with Crippen molar-refractivity contribution in [2.45, 2.75) is 57.0 Å². The number of anilines is 2. The third kappa shape index (κ3) is 3.66. The van der Waals surface area contributed by atoms with E-state index in [9.17, 15) is 18.4 Å². The van der Waals surface area contributed by atoms with Gasteiger partial charge in [0.2, 0.25) is 11.8 Å². The van der Waals surface area contributed by atoms with Gasteiger partial charge in [0.05, 0.1) is 0 Å². The number of halogens is 2. The van der Waals surface area contributed by atoms with Gasteiger partial charge >= 0.3 is 0 Å². The van der Waals surface area contributed by atoms with Crippen LogP contribution in [0.2, 0.25) is 0 Å². The predicted molar refractivity (Wildman–Crippen MR) is 114 cm³/mol. The number of nitrogens with one attached hydrogen (secondary N) is 2. The number of nitrogens with zero attached hydrogens (tertiary/aromatic N) is 1. The van der Waals surface area contributed by atoms with Gasteiger partial charge < -0.3 is 15.5 Å². The van der Waals surface area contributed by atoms with E-state index in [2.05, 4.69) is 10.6 Å². The number of carbonyl (C=O) groups is 2. The van der Waals surface area contributed by atoms with E-state index in [1.807, 2.05) is 17.9 Å². The summed E-state index contributed by atoms with van der Waals surface area (Å²) >= 11 is 0. The fourth-order valence-corrected chi connectivity index (χ4v) is 5.27. The largest absolute Gasteiger partial charge is 0.373 e. The fourth-order valence-electron chi connectivity index (χ4n) is 5.27. The molecule has 5 nitrogen and oxygen atoms in total. The van der Waals surface area contributed by atoms with Gasteiger partial charge in [0.15, 0.2) is 0 Å². The van der Waals surface area contributed by atoms with E-state index in [-0.39, 0.29) is 36.0 Å². The summed E-state index contributed by atoms with van der Waals surface area (Å²) in [5.74, 6) is -0.672. The number of rotatable bonds is 3. The van der Waals surface area contributed by atoms with E-state index in [1.165, 1.54) is 18.2 Å². The molecule has 2 N–H and O–H groups in total. The van der Waals surface area contributed by atoms with Crippen LogP contribution in [0.15, 0.2) is 30.3 Å². The molecular weight excluding hydrogens is 400 g/mol. The molecule has 31 heavy (non-hydrogen) atoms. The number of amides is 2. The lowest BCUT2D eigenvalue weighted by atomic mass is 9.85. The molecule has 7 heteroatoms. The van der Waals surface area contributed by atoms with Crippen LogP contribution in [0.4, 0.5) is 20.2 Å². The number of piperidine rings is 1. The molecule has 2 fully saturated rings. The van der Waals surface area contributed by atoms with Crippen molar-refractivity contribution >= 4 is 23.2 Å². The number of hydrogen-bond acceptors (Lipinski definition) is 3. The first kappa shape index (κ1) is 20.0. The van der Waals surface area contributed by atoms with Crippen molar-refractivity contribution in [1.29, 1.82) is 0 Å². The smallest absolute Gasteiger partial charge is 0.247 e. The van der Waals surface area contributed by atoms with Gasteiger partial charge in [0.1, 0.15) is 17.7 Å². The number of carbonyl (C=O) groups excluding carboxylic acids is 2. The predicted octanol–water partition coefficient (Wildman–Crippen LogP) is 4.12. The molecule has 2 unspecified atom stereocenters. The first-order valence-electron chi connectivity index (χ1n) is 10.8. The number of fused-ring (bicyclic) bond motifs is 2. The molecule has 2 amide bonds. The molecule has 2 aromatic rings. The minimum Gasteiger partial charge on any atom is -0.373 e. The van der Waals surface area contributed by atoms with Crippen molar-refractivity contribution in [2.75, 3.05) is 17.2 Å².